The van der Waals surface area contributed by atoms with Gasteiger partial charge in [-0.2, -0.15) is 0 Å². The number of hydrogen-bond donors (Lipinski definition) is 0. The van der Waals surface area contributed by atoms with Gasteiger partial charge in [-0.15, -0.1) is 0 Å². The number of nitrogens with zero attached hydrogens (tertiary/aromatic N) is 3. The summed E-state index contributed by atoms with van der Waals surface area (Å²) in [5.41, 5.74) is 2.25. The van der Waals surface area contributed by atoms with Gasteiger partial charge >= 0.3 is 5.97 Å². The monoisotopic (exact) mass is 393 g/mol. The summed E-state index contributed by atoms with van der Waals surface area (Å²) >= 11 is 0. The SMILES string of the molecule is Cc1ccn2c(=O)cc(COC(=O)CCN3C(=O)COc4ccccc43)nc2c1. The number of aromatic nitrogens is 2. The van der Waals surface area contributed by atoms with Crippen molar-refractivity contribution in [2.45, 2.75) is 20.0 Å². The first-order valence-electron chi connectivity index (χ1n) is 9.18. The summed E-state index contributed by atoms with van der Waals surface area (Å²) in [6.45, 7) is 1.93. The molecule has 1 aromatic carbocycles. The van der Waals surface area contributed by atoms with Crippen molar-refractivity contribution < 1.29 is 19.1 Å². The summed E-state index contributed by atoms with van der Waals surface area (Å²) < 4.78 is 12.1. The van der Waals surface area contributed by atoms with Gasteiger partial charge < -0.3 is 14.4 Å². The third-order valence-corrected chi connectivity index (χ3v) is 4.60. The van der Waals surface area contributed by atoms with Crippen LogP contribution in [0.25, 0.3) is 5.65 Å². The van der Waals surface area contributed by atoms with E-state index < -0.39 is 5.97 Å². The van der Waals surface area contributed by atoms with E-state index in [1.165, 1.54) is 15.4 Å². The van der Waals surface area contributed by atoms with E-state index in [0.717, 1.165) is 5.56 Å². The Morgan fingerprint density at radius 1 is 1.21 bits per heavy atom. The predicted octanol–water partition coefficient (Wildman–Crippen LogP) is 1.86. The molecule has 0 atom stereocenters. The molecule has 0 saturated carbocycles. The molecule has 0 radical (unpaired) electrons. The van der Waals surface area contributed by atoms with Gasteiger partial charge in [-0.1, -0.05) is 12.1 Å². The first-order chi connectivity index (χ1) is 14.0. The van der Waals surface area contributed by atoms with Gasteiger partial charge in [0.1, 0.15) is 18.0 Å². The van der Waals surface area contributed by atoms with Crippen LogP contribution in [0.15, 0.2) is 53.5 Å². The van der Waals surface area contributed by atoms with Crippen LogP contribution < -0.4 is 15.2 Å². The van der Waals surface area contributed by atoms with E-state index >= 15 is 0 Å². The molecule has 1 aliphatic heterocycles. The van der Waals surface area contributed by atoms with Crippen molar-refractivity contribution >= 4 is 23.2 Å². The molecule has 8 nitrogen and oxygen atoms in total. The van der Waals surface area contributed by atoms with Crippen LogP contribution in [0.4, 0.5) is 5.69 Å². The number of rotatable bonds is 5. The molecule has 29 heavy (non-hydrogen) atoms. The molecule has 148 valence electrons. The van der Waals surface area contributed by atoms with Crippen molar-refractivity contribution in [3.05, 3.63) is 70.3 Å². The topological polar surface area (TPSA) is 90.2 Å². The molecule has 0 N–H and O–H groups in total. The second-order valence-corrected chi connectivity index (χ2v) is 6.73. The fourth-order valence-electron chi connectivity index (χ4n) is 3.16. The molecular weight excluding hydrogens is 374 g/mol. The van der Waals surface area contributed by atoms with E-state index in [9.17, 15) is 14.4 Å². The summed E-state index contributed by atoms with van der Waals surface area (Å²) in [5, 5.41) is 0. The molecule has 2 aromatic heterocycles. The molecule has 1 amide bonds. The minimum atomic E-state index is -0.479. The molecule has 3 heterocycles. The van der Waals surface area contributed by atoms with Gasteiger partial charge in [0.15, 0.2) is 6.61 Å². The van der Waals surface area contributed by atoms with Crippen molar-refractivity contribution in [2.24, 2.45) is 0 Å². The molecule has 0 spiro atoms. The Morgan fingerprint density at radius 2 is 2.03 bits per heavy atom. The lowest BCUT2D eigenvalue weighted by atomic mass is 10.2. The summed E-state index contributed by atoms with van der Waals surface area (Å²) in [4.78, 5) is 42.4. The van der Waals surface area contributed by atoms with Crippen LogP contribution in [0.2, 0.25) is 0 Å². The van der Waals surface area contributed by atoms with Crippen molar-refractivity contribution in [2.75, 3.05) is 18.1 Å². The lowest BCUT2D eigenvalue weighted by Crippen LogP contribution is -2.40. The molecule has 1 aliphatic rings. The number of fused-ring (bicyclic) bond motifs is 2. The Balaban J connectivity index is 1.39. The third-order valence-electron chi connectivity index (χ3n) is 4.60. The Hall–Kier alpha value is -3.68. The molecule has 0 unspecified atom stereocenters. The van der Waals surface area contributed by atoms with E-state index in [4.69, 9.17) is 9.47 Å². The zero-order chi connectivity index (χ0) is 20.4. The van der Waals surface area contributed by atoms with Crippen LogP contribution in [-0.2, 0) is 20.9 Å². The van der Waals surface area contributed by atoms with Gasteiger partial charge in [0, 0.05) is 18.8 Å². The highest BCUT2D eigenvalue weighted by Gasteiger charge is 2.25. The zero-order valence-corrected chi connectivity index (χ0v) is 15.8. The smallest absolute Gasteiger partial charge is 0.307 e. The van der Waals surface area contributed by atoms with E-state index in [2.05, 4.69) is 4.98 Å². The van der Waals surface area contributed by atoms with Crippen LogP contribution >= 0.6 is 0 Å². The summed E-state index contributed by atoms with van der Waals surface area (Å²) in [6.07, 6.45) is 1.68. The summed E-state index contributed by atoms with van der Waals surface area (Å²) in [7, 11) is 0. The number of carbonyl (C=O) groups excluding carboxylic acids is 2. The Bertz CT molecular complexity index is 1150. The van der Waals surface area contributed by atoms with Crippen molar-refractivity contribution in [3.8, 4) is 5.75 Å². The Kier molecular flexibility index (Phi) is 4.99. The second-order valence-electron chi connectivity index (χ2n) is 6.73. The molecule has 0 bridgehead atoms. The number of carbonyl (C=O) groups is 2. The Labute approximate surface area is 166 Å². The number of aryl methyl sites for hydroxylation is 1. The maximum Gasteiger partial charge on any atom is 0.307 e. The van der Waals surface area contributed by atoms with Crippen LogP contribution in [-0.4, -0.2) is 34.4 Å². The summed E-state index contributed by atoms with van der Waals surface area (Å²) in [5.74, 6) is -0.0827. The highest BCUT2D eigenvalue weighted by atomic mass is 16.5. The van der Waals surface area contributed by atoms with Gasteiger partial charge in [-0.25, -0.2) is 4.98 Å². The first-order valence-corrected chi connectivity index (χ1v) is 9.18. The highest BCUT2D eigenvalue weighted by Crippen LogP contribution is 2.31. The number of amides is 1. The number of benzene rings is 1. The lowest BCUT2D eigenvalue weighted by molar-refractivity contribution is -0.144. The van der Waals surface area contributed by atoms with Crippen molar-refractivity contribution in [1.29, 1.82) is 0 Å². The normalized spacial score (nSPS) is 13.1. The van der Waals surface area contributed by atoms with Crippen LogP contribution in [0.5, 0.6) is 5.75 Å². The van der Waals surface area contributed by atoms with Gasteiger partial charge in [0.2, 0.25) is 0 Å². The van der Waals surface area contributed by atoms with Gasteiger partial charge in [0.25, 0.3) is 11.5 Å². The van der Waals surface area contributed by atoms with E-state index in [1.807, 2.05) is 19.1 Å². The molecule has 0 saturated heterocycles. The first kappa shape index (κ1) is 18.7. The van der Waals surface area contributed by atoms with E-state index in [-0.39, 0.29) is 37.6 Å². The highest BCUT2D eigenvalue weighted by molar-refractivity contribution is 5.98. The third kappa shape index (κ3) is 3.96. The van der Waals surface area contributed by atoms with Gasteiger partial charge in [-0.05, 0) is 36.8 Å². The number of anilines is 1. The van der Waals surface area contributed by atoms with Gasteiger partial charge in [0.05, 0.1) is 17.8 Å². The van der Waals surface area contributed by atoms with E-state index in [0.29, 0.717) is 22.8 Å². The standard InChI is InChI=1S/C21H19N3O5/c1-14-6-8-24-18(10-14)22-15(11-19(24)25)12-29-21(27)7-9-23-16-4-2-3-5-17(16)28-13-20(23)26/h2-6,8,10-11H,7,9,12-13H2,1H3. The lowest BCUT2D eigenvalue weighted by Gasteiger charge is -2.28. The number of pyridine rings is 1. The maximum absolute atomic E-state index is 12.2. The minimum Gasteiger partial charge on any atom is -0.482 e. The predicted molar refractivity (Wildman–Crippen MR) is 105 cm³/mol. The van der Waals surface area contributed by atoms with Gasteiger partial charge in [-0.3, -0.25) is 18.8 Å². The number of hydrogen-bond acceptors (Lipinski definition) is 6. The largest absolute Gasteiger partial charge is 0.482 e. The molecule has 0 fully saturated rings. The number of ether oxygens (including phenoxy) is 2. The van der Waals surface area contributed by atoms with Crippen LogP contribution in [0, 0.1) is 6.92 Å². The Morgan fingerprint density at radius 3 is 2.90 bits per heavy atom. The maximum atomic E-state index is 12.2. The number of para-hydroxylation sites is 2. The molecular formula is C21H19N3O5. The van der Waals surface area contributed by atoms with E-state index in [1.54, 1.807) is 30.5 Å². The van der Waals surface area contributed by atoms with Crippen molar-refractivity contribution in [3.63, 3.8) is 0 Å². The number of esters is 1. The van der Waals surface area contributed by atoms with Crippen LogP contribution in [0.1, 0.15) is 17.7 Å². The fourth-order valence-corrected chi connectivity index (χ4v) is 3.16. The molecule has 3 aromatic rings. The minimum absolute atomic E-state index is 0.0196. The summed E-state index contributed by atoms with van der Waals surface area (Å²) in [6, 6.07) is 12.1. The molecule has 4 rings (SSSR count). The van der Waals surface area contributed by atoms with Crippen LogP contribution in [0.3, 0.4) is 0 Å². The average Bonchev–Trinajstić information content (AvgIpc) is 2.71. The fraction of sp³-hybridized carbons (Fsp3) is 0.238. The molecule has 8 heteroatoms. The quantitative estimate of drug-likeness (QED) is 0.615. The molecule has 0 aliphatic carbocycles. The zero-order valence-electron chi connectivity index (χ0n) is 15.8. The van der Waals surface area contributed by atoms with Crippen molar-refractivity contribution in [1.82, 2.24) is 9.38 Å². The second kappa shape index (κ2) is 7.75. The average molecular weight is 393 g/mol.